The number of hydrogen-bond acceptors (Lipinski definition) is 3. The van der Waals surface area contributed by atoms with Gasteiger partial charge in [0, 0.05) is 32.1 Å². The van der Waals surface area contributed by atoms with Gasteiger partial charge in [-0.2, -0.15) is 0 Å². The van der Waals surface area contributed by atoms with E-state index in [9.17, 15) is 4.79 Å². The average Bonchev–Trinajstić information content (AvgIpc) is 3.03. The lowest BCUT2D eigenvalue weighted by Gasteiger charge is -2.22. The fraction of sp³-hybridized carbons (Fsp3) is 0.688. The second-order valence-electron chi connectivity index (χ2n) is 6.62. The summed E-state index contributed by atoms with van der Waals surface area (Å²) in [4.78, 5) is 16.6. The molecule has 1 amide bonds. The summed E-state index contributed by atoms with van der Waals surface area (Å²) in [5.41, 5.74) is 0. The van der Waals surface area contributed by atoms with Crippen molar-refractivity contribution in [3.63, 3.8) is 0 Å². The van der Waals surface area contributed by atoms with E-state index in [4.69, 9.17) is 4.42 Å². The highest BCUT2D eigenvalue weighted by molar-refractivity contribution is 5.78. The maximum absolute atomic E-state index is 12.0. The van der Waals surface area contributed by atoms with Crippen molar-refractivity contribution in [2.45, 2.75) is 27.3 Å². The van der Waals surface area contributed by atoms with Crippen LogP contribution >= 0.6 is 0 Å². The first-order valence-corrected chi connectivity index (χ1v) is 7.59. The smallest absolute Gasteiger partial charge is 0.225 e. The van der Waals surface area contributed by atoms with Crippen LogP contribution in [0.5, 0.6) is 0 Å². The summed E-state index contributed by atoms with van der Waals surface area (Å²) in [6.07, 6.45) is 0. The van der Waals surface area contributed by atoms with Crippen molar-refractivity contribution in [3.05, 3.63) is 23.7 Å². The Balaban J connectivity index is 1.54. The number of aryl methyl sites for hydroxylation is 1. The zero-order valence-electron chi connectivity index (χ0n) is 12.6. The molecule has 2 fully saturated rings. The average molecular weight is 276 g/mol. The fourth-order valence-corrected chi connectivity index (χ4v) is 3.55. The molecule has 3 heterocycles. The summed E-state index contributed by atoms with van der Waals surface area (Å²) in [7, 11) is 0. The third kappa shape index (κ3) is 2.62. The van der Waals surface area contributed by atoms with Crippen molar-refractivity contribution < 1.29 is 9.21 Å². The van der Waals surface area contributed by atoms with E-state index < -0.39 is 0 Å². The molecule has 0 radical (unpaired) electrons. The molecule has 0 spiro atoms. The first kappa shape index (κ1) is 13.7. The van der Waals surface area contributed by atoms with Crippen LogP contribution in [-0.2, 0) is 11.3 Å². The molecule has 0 saturated carbocycles. The van der Waals surface area contributed by atoms with Crippen LogP contribution < -0.4 is 0 Å². The number of furan rings is 1. The summed E-state index contributed by atoms with van der Waals surface area (Å²) in [5.74, 6) is 3.76. The number of rotatable bonds is 3. The van der Waals surface area contributed by atoms with Crippen LogP contribution in [0.4, 0.5) is 0 Å². The molecule has 2 atom stereocenters. The van der Waals surface area contributed by atoms with Gasteiger partial charge < -0.3 is 9.32 Å². The zero-order chi connectivity index (χ0) is 14.3. The number of fused-ring (bicyclic) bond motifs is 1. The van der Waals surface area contributed by atoms with Gasteiger partial charge >= 0.3 is 0 Å². The van der Waals surface area contributed by atoms with Gasteiger partial charge in [0.15, 0.2) is 0 Å². The first-order valence-electron chi connectivity index (χ1n) is 7.59. The minimum atomic E-state index is 0.121. The maximum Gasteiger partial charge on any atom is 0.225 e. The van der Waals surface area contributed by atoms with Gasteiger partial charge in [-0.05, 0) is 30.9 Å². The van der Waals surface area contributed by atoms with E-state index >= 15 is 0 Å². The van der Waals surface area contributed by atoms with Crippen molar-refractivity contribution in [1.29, 1.82) is 0 Å². The Bertz CT molecular complexity index is 480. The van der Waals surface area contributed by atoms with E-state index in [2.05, 4.69) is 15.9 Å². The Morgan fingerprint density at radius 3 is 2.40 bits per heavy atom. The van der Waals surface area contributed by atoms with Crippen LogP contribution in [0.2, 0.25) is 0 Å². The molecule has 2 saturated heterocycles. The van der Waals surface area contributed by atoms with Crippen molar-refractivity contribution >= 4 is 5.91 Å². The molecule has 20 heavy (non-hydrogen) atoms. The van der Waals surface area contributed by atoms with Crippen molar-refractivity contribution in [1.82, 2.24) is 9.80 Å². The number of amides is 1. The topological polar surface area (TPSA) is 36.7 Å². The summed E-state index contributed by atoms with van der Waals surface area (Å²) in [6.45, 7) is 10.9. The molecule has 4 heteroatoms. The SMILES string of the molecule is Cc1ccc(CN2CC3CN(C(=O)C(C)C)CC3C2)o1. The molecule has 110 valence electrons. The standard InChI is InChI=1S/C16H24N2O2/c1-11(2)16(19)18-8-13-6-17(7-14(13)9-18)10-15-5-4-12(3)20-15/h4-5,11,13-14H,6-10H2,1-3H3. The summed E-state index contributed by atoms with van der Waals surface area (Å²) in [5, 5.41) is 0. The lowest BCUT2D eigenvalue weighted by molar-refractivity contribution is -0.133. The Morgan fingerprint density at radius 2 is 1.90 bits per heavy atom. The van der Waals surface area contributed by atoms with E-state index in [-0.39, 0.29) is 5.92 Å². The van der Waals surface area contributed by atoms with Crippen LogP contribution in [0, 0.1) is 24.7 Å². The molecule has 3 rings (SSSR count). The fourth-order valence-electron chi connectivity index (χ4n) is 3.55. The van der Waals surface area contributed by atoms with Crippen LogP contribution in [0.25, 0.3) is 0 Å². The zero-order valence-corrected chi connectivity index (χ0v) is 12.6. The van der Waals surface area contributed by atoms with Crippen LogP contribution in [-0.4, -0.2) is 41.9 Å². The van der Waals surface area contributed by atoms with Crippen LogP contribution in [0.3, 0.4) is 0 Å². The minimum absolute atomic E-state index is 0.121. The molecule has 2 aliphatic heterocycles. The van der Waals surface area contributed by atoms with E-state index in [0.717, 1.165) is 44.2 Å². The molecule has 0 aromatic carbocycles. The second kappa shape index (κ2) is 5.24. The minimum Gasteiger partial charge on any atom is -0.465 e. The van der Waals surface area contributed by atoms with Crippen LogP contribution in [0.15, 0.2) is 16.5 Å². The second-order valence-corrected chi connectivity index (χ2v) is 6.62. The largest absolute Gasteiger partial charge is 0.465 e. The molecule has 1 aromatic rings. The summed E-state index contributed by atoms with van der Waals surface area (Å²) in [6, 6.07) is 4.09. The number of likely N-dealkylation sites (tertiary alicyclic amines) is 2. The molecular weight excluding hydrogens is 252 g/mol. The van der Waals surface area contributed by atoms with E-state index in [1.54, 1.807) is 0 Å². The van der Waals surface area contributed by atoms with Crippen LogP contribution in [0.1, 0.15) is 25.4 Å². The predicted octanol–water partition coefficient (Wildman–Crippen LogP) is 2.13. The molecule has 4 nitrogen and oxygen atoms in total. The van der Waals surface area contributed by atoms with Gasteiger partial charge in [-0.1, -0.05) is 13.8 Å². The van der Waals surface area contributed by atoms with E-state index in [1.165, 1.54) is 0 Å². The third-order valence-corrected chi connectivity index (χ3v) is 4.54. The lowest BCUT2D eigenvalue weighted by atomic mass is 10.0. The van der Waals surface area contributed by atoms with Gasteiger partial charge in [-0.15, -0.1) is 0 Å². The van der Waals surface area contributed by atoms with E-state index in [1.807, 2.05) is 26.8 Å². The summed E-state index contributed by atoms with van der Waals surface area (Å²) < 4.78 is 5.65. The van der Waals surface area contributed by atoms with Gasteiger partial charge in [0.25, 0.3) is 0 Å². The van der Waals surface area contributed by atoms with Gasteiger partial charge in [0.1, 0.15) is 11.5 Å². The quantitative estimate of drug-likeness (QED) is 0.848. The Kier molecular flexibility index (Phi) is 3.59. The van der Waals surface area contributed by atoms with Gasteiger partial charge in [0.05, 0.1) is 6.54 Å². The van der Waals surface area contributed by atoms with Crippen molar-refractivity contribution in [2.75, 3.05) is 26.2 Å². The van der Waals surface area contributed by atoms with Gasteiger partial charge in [-0.25, -0.2) is 0 Å². The van der Waals surface area contributed by atoms with Gasteiger partial charge in [0.2, 0.25) is 5.91 Å². The lowest BCUT2D eigenvalue weighted by Crippen LogP contribution is -2.35. The molecule has 1 aromatic heterocycles. The maximum atomic E-state index is 12.0. The third-order valence-electron chi connectivity index (χ3n) is 4.54. The van der Waals surface area contributed by atoms with E-state index in [0.29, 0.717) is 17.7 Å². The highest BCUT2D eigenvalue weighted by Crippen LogP contribution is 2.32. The molecule has 2 aliphatic rings. The molecular formula is C16H24N2O2. The molecule has 0 N–H and O–H groups in total. The van der Waals surface area contributed by atoms with Crippen molar-refractivity contribution in [3.8, 4) is 0 Å². The number of carbonyl (C=O) groups is 1. The summed E-state index contributed by atoms with van der Waals surface area (Å²) >= 11 is 0. The molecule has 0 aliphatic carbocycles. The Labute approximate surface area is 120 Å². The highest BCUT2D eigenvalue weighted by atomic mass is 16.3. The number of carbonyl (C=O) groups excluding carboxylic acids is 1. The Morgan fingerprint density at radius 1 is 1.25 bits per heavy atom. The first-order chi connectivity index (χ1) is 9.52. The predicted molar refractivity (Wildman–Crippen MR) is 77.1 cm³/mol. The number of hydrogen-bond donors (Lipinski definition) is 0. The normalized spacial score (nSPS) is 26.5. The highest BCUT2D eigenvalue weighted by Gasteiger charge is 2.41. The number of nitrogens with zero attached hydrogens (tertiary/aromatic N) is 2. The monoisotopic (exact) mass is 276 g/mol. The molecule has 0 bridgehead atoms. The van der Waals surface area contributed by atoms with Crippen molar-refractivity contribution in [2.24, 2.45) is 17.8 Å². The molecule has 2 unspecified atom stereocenters. The van der Waals surface area contributed by atoms with Gasteiger partial charge in [-0.3, -0.25) is 9.69 Å². The Hall–Kier alpha value is -1.29.